The minimum atomic E-state index is 0.469. The summed E-state index contributed by atoms with van der Waals surface area (Å²) < 4.78 is 5.23. The SMILES string of the molecule is CCC(NCCC1CCCC(C)C1)c1ccc(OC)cc1. The highest BCUT2D eigenvalue weighted by Crippen LogP contribution is 2.30. The van der Waals surface area contributed by atoms with Crippen LogP contribution in [0, 0.1) is 11.8 Å². The van der Waals surface area contributed by atoms with Crippen molar-refractivity contribution in [3.8, 4) is 5.75 Å². The quantitative estimate of drug-likeness (QED) is 0.766. The lowest BCUT2D eigenvalue weighted by atomic mass is 9.81. The fourth-order valence-electron chi connectivity index (χ4n) is 3.62. The lowest BCUT2D eigenvalue weighted by Crippen LogP contribution is -2.25. The van der Waals surface area contributed by atoms with E-state index in [4.69, 9.17) is 4.74 Å². The summed E-state index contributed by atoms with van der Waals surface area (Å²) in [4.78, 5) is 0. The van der Waals surface area contributed by atoms with Crippen molar-refractivity contribution >= 4 is 0 Å². The van der Waals surface area contributed by atoms with E-state index in [9.17, 15) is 0 Å². The summed E-state index contributed by atoms with van der Waals surface area (Å²) in [5.41, 5.74) is 1.37. The highest BCUT2D eigenvalue weighted by Gasteiger charge is 2.18. The number of nitrogens with one attached hydrogen (secondary N) is 1. The van der Waals surface area contributed by atoms with Gasteiger partial charge in [0.1, 0.15) is 5.75 Å². The summed E-state index contributed by atoms with van der Waals surface area (Å²) in [6, 6.07) is 8.95. The number of methoxy groups -OCH3 is 1. The van der Waals surface area contributed by atoms with Gasteiger partial charge in [0.05, 0.1) is 7.11 Å². The van der Waals surface area contributed by atoms with E-state index in [1.807, 2.05) is 0 Å². The molecule has 1 aliphatic carbocycles. The molecule has 3 unspecified atom stereocenters. The Hall–Kier alpha value is -1.02. The average molecular weight is 289 g/mol. The molecule has 1 saturated carbocycles. The van der Waals surface area contributed by atoms with Crippen LogP contribution in [-0.2, 0) is 0 Å². The lowest BCUT2D eigenvalue weighted by Gasteiger charge is -2.27. The molecule has 1 fully saturated rings. The van der Waals surface area contributed by atoms with Gasteiger partial charge in [-0.2, -0.15) is 0 Å². The van der Waals surface area contributed by atoms with Crippen molar-refractivity contribution < 1.29 is 4.74 Å². The van der Waals surface area contributed by atoms with Gasteiger partial charge in [-0.25, -0.2) is 0 Å². The Bertz CT molecular complexity index is 401. The molecule has 1 aromatic rings. The third-order valence-electron chi connectivity index (χ3n) is 4.91. The Kier molecular flexibility index (Phi) is 6.56. The van der Waals surface area contributed by atoms with Crippen LogP contribution in [0.4, 0.5) is 0 Å². The summed E-state index contributed by atoms with van der Waals surface area (Å²) in [6.45, 7) is 5.80. The van der Waals surface area contributed by atoms with E-state index in [2.05, 4.69) is 43.4 Å². The zero-order valence-electron chi connectivity index (χ0n) is 13.9. The van der Waals surface area contributed by atoms with Gasteiger partial charge < -0.3 is 10.1 Å². The molecule has 2 rings (SSSR count). The molecule has 2 nitrogen and oxygen atoms in total. The highest BCUT2D eigenvalue weighted by atomic mass is 16.5. The van der Waals surface area contributed by atoms with Crippen molar-refractivity contribution in [3.63, 3.8) is 0 Å². The van der Waals surface area contributed by atoms with Crippen molar-refractivity contribution in [2.45, 2.75) is 58.4 Å². The molecule has 2 heteroatoms. The summed E-state index contributed by atoms with van der Waals surface area (Å²) in [7, 11) is 1.72. The van der Waals surface area contributed by atoms with E-state index < -0.39 is 0 Å². The first-order valence-corrected chi connectivity index (χ1v) is 8.60. The second-order valence-corrected chi connectivity index (χ2v) is 6.61. The molecule has 0 bridgehead atoms. The van der Waals surface area contributed by atoms with Crippen LogP contribution in [0.2, 0.25) is 0 Å². The Labute approximate surface area is 130 Å². The molecule has 0 amide bonds. The second-order valence-electron chi connectivity index (χ2n) is 6.61. The molecule has 3 atom stereocenters. The van der Waals surface area contributed by atoms with Gasteiger partial charge in [-0.05, 0) is 55.3 Å². The predicted octanol–water partition coefficient (Wildman–Crippen LogP) is 4.95. The second kappa shape index (κ2) is 8.43. The average Bonchev–Trinajstić information content (AvgIpc) is 2.52. The summed E-state index contributed by atoms with van der Waals surface area (Å²) in [5.74, 6) is 2.81. The molecule has 118 valence electrons. The van der Waals surface area contributed by atoms with Crippen LogP contribution >= 0.6 is 0 Å². The maximum Gasteiger partial charge on any atom is 0.118 e. The molecule has 0 radical (unpaired) electrons. The van der Waals surface area contributed by atoms with E-state index in [1.165, 1.54) is 37.7 Å². The molecule has 21 heavy (non-hydrogen) atoms. The van der Waals surface area contributed by atoms with Gasteiger partial charge in [-0.1, -0.05) is 45.2 Å². The van der Waals surface area contributed by atoms with E-state index in [1.54, 1.807) is 7.11 Å². The van der Waals surface area contributed by atoms with Crippen LogP contribution in [0.5, 0.6) is 5.75 Å². The van der Waals surface area contributed by atoms with E-state index in [0.29, 0.717) is 6.04 Å². The molecule has 0 saturated heterocycles. The molecule has 0 spiro atoms. The topological polar surface area (TPSA) is 21.3 Å². The van der Waals surface area contributed by atoms with Crippen molar-refractivity contribution in [2.75, 3.05) is 13.7 Å². The lowest BCUT2D eigenvalue weighted by molar-refractivity contribution is 0.264. The van der Waals surface area contributed by atoms with Gasteiger partial charge in [-0.15, -0.1) is 0 Å². The zero-order valence-corrected chi connectivity index (χ0v) is 13.9. The first-order chi connectivity index (χ1) is 10.2. The van der Waals surface area contributed by atoms with Crippen molar-refractivity contribution in [2.24, 2.45) is 11.8 Å². The van der Waals surface area contributed by atoms with Crippen LogP contribution in [0.3, 0.4) is 0 Å². The van der Waals surface area contributed by atoms with Crippen molar-refractivity contribution in [3.05, 3.63) is 29.8 Å². The summed E-state index contributed by atoms with van der Waals surface area (Å²) in [5, 5.41) is 3.74. The molecule has 1 N–H and O–H groups in total. The number of hydrogen-bond donors (Lipinski definition) is 1. The maximum absolute atomic E-state index is 5.23. The van der Waals surface area contributed by atoms with Gasteiger partial charge >= 0.3 is 0 Å². The van der Waals surface area contributed by atoms with Gasteiger partial charge in [0.15, 0.2) is 0 Å². The van der Waals surface area contributed by atoms with Crippen LogP contribution in [0.25, 0.3) is 0 Å². The minimum Gasteiger partial charge on any atom is -0.497 e. The highest BCUT2D eigenvalue weighted by molar-refractivity contribution is 5.29. The van der Waals surface area contributed by atoms with Crippen molar-refractivity contribution in [1.82, 2.24) is 5.32 Å². The van der Waals surface area contributed by atoms with Gasteiger partial charge in [-0.3, -0.25) is 0 Å². The van der Waals surface area contributed by atoms with Crippen LogP contribution in [0.15, 0.2) is 24.3 Å². The maximum atomic E-state index is 5.23. The third kappa shape index (κ3) is 5.03. The fourth-order valence-corrected chi connectivity index (χ4v) is 3.62. The first-order valence-electron chi connectivity index (χ1n) is 8.60. The third-order valence-corrected chi connectivity index (χ3v) is 4.91. The molecule has 0 heterocycles. The Morgan fingerprint density at radius 1 is 1.24 bits per heavy atom. The van der Waals surface area contributed by atoms with E-state index >= 15 is 0 Å². The predicted molar refractivity (Wildman–Crippen MR) is 89.8 cm³/mol. The zero-order chi connectivity index (χ0) is 15.1. The number of ether oxygens (including phenoxy) is 1. The molecular weight excluding hydrogens is 258 g/mol. The minimum absolute atomic E-state index is 0.469. The number of rotatable bonds is 7. The van der Waals surface area contributed by atoms with E-state index in [-0.39, 0.29) is 0 Å². The molecule has 1 aliphatic rings. The molecular formula is C19H31NO. The van der Waals surface area contributed by atoms with E-state index in [0.717, 1.165) is 30.6 Å². The van der Waals surface area contributed by atoms with Crippen LogP contribution in [-0.4, -0.2) is 13.7 Å². The number of hydrogen-bond acceptors (Lipinski definition) is 2. The normalized spacial score (nSPS) is 23.8. The molecule has 1 aromatic carbocycles. The van der Waals surface area contributed by atoms with Crippen LogP contribution < -0.4 is 10.1 Å². The summed E-state index contributed by atoms with van der Waals surface area (Å²) in [6.07, 6.45) is 8.20. The largest absolute Gasteiger partial charge is 0.497 e. The smallest absolute Gasteiger partial charge is 0.118 e. The Morgan fingerprint density at radius 2 is 2.00 bits per heavy atom. The van der Waals surface area contributed by atoms with Crippen molar-refractivity contribution in [1.29, 1.82) is 0 Å². The molecule has 0 aliphatic heterocycles. The monoisotopic (exact) mass is 289 g/mol. The fraction of sp³-hybridized carbons (Fsp3) is 0.684. The van der Waals surface area contributed by atoms with Gasteiger partial charge in [0.2, 0.25) is 0 Å². The van der Waals surface area contributed by atoms with Crippen LogP contribution in [0.1, 0.15) is 64.0 Å². The standard InChI is InChI=1S/C19H31NO/c1-4-19(17-8-10-18(21-3)11-9-17)20-13-12-16-7-5-6-15(2)14-16/h8-11,15-16,19-20H,4-7,12-14H2,1-3H3. The summed E-state index contributed by atoms with van der Waals surface area (Å²) >= 11 is 0. The van der Waals surface area contributed by atoms with Gasteiger partial charge in [0.25, 0.3) is 0 Å². The first kappa shape index (κ1) is 16.4. The number of benzene rings is 1. The Balaban J connectivity index is 1.78. The molecule has 0 aromatic heterocycles. The van der Waals surface area contributed by atoms with Gasteiger partial charge in [0, 0.05) is 6.04 Å². The Morgan fingerprint density at radius 3 is 2.62 bits per heavy atom.